The summed E-state index contributed by atoms with van der Waals surface area (Å²) in [5, 5.41) is 16.8. The Morgan fingerprint density at radius 3 is 1.69 bits per heavy atom. The van der Waals surface area contributed by atoms with E-state index in [0.717, 1.165) is 12.8 Å². The SMILES string of the molecule is CCCCCCCCCCCCCCCC(=O)O.O=C1OCC(CO)O1. The highest BCUT2D eigenvalue weighted by Gasteiger charge is 2.23. The number of ether oxygens (including phenoxy) is 2. The highest BCUT2D eigenvalue weighted by molar-refractivity contribution is 5.66. The van der Waals surface area contributed by atoms with Gasteiger partial charge in [0.1, 0.15) is 6.61 Å². The van der Waals surface area contributed by atoms with E-state index in [1.165, 1.54) is 70.6 Å². The van der Waals surface area contributed by atoms with Crippen molar-refractivity contribution in [2.75, 3.05) is 13.2 Å². The van der Waals surface area contributed by atoms with Crippen molar-refractivity contribution in [2.45, 2.75) is 103 Å². The molecule has 0 saturated carbocycles. The predicted octanol–water partition coefficient (Wildman–Crippen LogP) is 5.07. The molecule has 0 aromatic carbocycles. The fraction of sp³-hybridized carbons (Fsp3) is 0.900. The summed E-state index contributed by atoms with van der Waals surface area (Å²) in [6.07, 6.45) is 16.1. The Labute approximate surface area is 158 Å². The van der Waals surface area contributed by atoms with Gasteiger partial charge in [0.05, 0.1) is 6.61 Å². The number of hydrogen-bond donors (Lipinski definition) is 2. The predicted molar refractivity (Wildman–Crippen MR) is 101 cm³/mol. The molecule has 1 unspecified atom stereocenters. The maximum Gasteiger partial charge on any atom is 0.508 e. The molecule has 1 aliphatic rings. The van der Waals surface area contributed by atoms with Crippen molar-refractivity contribution in [2.24, 2.45) is 0 Å². The first-order valence-electron chi connectivity index (χ1n) is 10.3. The number of rotatable bonds is 15. The van der Waals surface area contributed by atoms with Crippen LogP contribution in [-0.4, -0.2) is 41.7 Å². The normalized spacial score (nSPS) is 15.8. The van der Waals surface area contributed by atoms with E-state index in [1.54, 1.807) is 0 Å². The molecule has 1 rings (SSSR count). The summed E-state index contributed by atoms with van der Waals surface area (Å²) in [7, 11) is 0. The summed E-state index contributed by atoms with van der Waals surface area (Å²) >= 11 is 0. The van der Waals surface area contributed by atoms with E-state index in [9.17, 15) is 9.59 Å². The van der Waals surface area contributed by atoms with Gasteiger partial charge in [-0.15, -0.1) is 0 Å². The summed E-state index contributed by atoms with van der Waals surface area (Å²) in [4.78, 5) is 20.4. The van der Waals surface area contributed by atoms with Gasteiger partial charge in [-0.3, -0.25) is 4.79 Å². The van der Waals surface area contributed by atoms with Crippen molar-refractivity contribution in [3.8, 4) is 0 Å². The van der Waals surface area contributed by atoms with Gasteiger partial charge in [-0.05, 0) is 6.42 Å². The van der Waals surface area contributed by atoms with Gasteiger partial charge in [-0.1, -0.05) is 84.0 Å². The highest BCUT2D eigenvalue weighted by atomic mass is 16.8. The number of aliphatic carboxylic acids is 1. The molecule has 0 spiro atoms. The number of aliphatic hydroxyl groups excluding tert-OH is 1. The topological polar surface area (TPSA) is 93.1 Å². The number of cyclic esters (lactones) is 2. The second-order valence-corrected chi connectivity index (χ2v) is 6.87. The van der Waals surface area contributed by atoms with Gasteiger partial charge in [-0.25, -0.2) is 4.79 Å². The molecule has 154 valence electrons. The van der Waals surface area contributed by atoms with Crippen molar-refractivity contribution >= 4 is 12.1 Å². The summed E-state index contributed by atoms with van der Waals surface area (Å²) in [5.74, 6) is -0.655. The summed E-state index contributed by atoms with van der Waals surface area (Å²) in [5.41, 5.74) is 0. The standard InChI is InChI=1S/C16H32O2.C4H6O4/c1-2-3-4-5-6-7-8-9-10-11-12-13-14-15-16(17)18;5-1-3-2-7-4(6)8-3/h2-15H2,1H3,(H,17,18);3,5H,1-2H2. The van der Waals surface area contributed by atoms with Crippen LogP contribution < -0.4 is 0 Å². The molecule has 6 heteroatoms. The quantitative estimate of drug-likeness (QED) is 0.307. The lowest BCUT2D eigenvalue weighted by Gasteiger charge is -2.02. The van der Waals surface area contributed by atoms with Crippen molar-refractivity contribution in [3.63, 3.8) is 0 Å². The highest BCUT2D eigenvalue weighted by Crippen LogP contribution is 2.12. The van der Waals surface area contributed by atoms with E-state index in [4.69, 9.17) is 10.2 Å². The molecule has 0 amide bonds. The van der Waals surface area contributed by atoms with E-state index in [0.29, 0.717) is 6.42 Å². The third-order valence-electron chi connectivity index (χ3n) is 4.35. The first-order valence-corrected chi connectivity index (χ1v) is 10.3. The molecule has 1 aliphatic heterocycles. The van der Waals surface area contributed by atoms with Crippen LogP contribution in [0.15, 0.2) is 0 Å². The van der Waals surface area contributed by atoms with Gasteiger partial charge in [0.15, 0.2) is 6.10 Å². The molecule has 6 nitrogen and oxygen atoms in total. The number of hydrogen-bond acceptors (Lipinski definition) is 5. The summed E-state index contributed by atoms with van der Waals surface area (Å²) in [6.45, 7) is 2.28. The maximum atomic E-state index is 10.3. The third-order valence-corrected chi connectivity index (χ3v) is 4.35. The van der Waals surface area contributed by atoms with Gasteiger partial charge in [0, 0.05) is 6.42 Å². The number of carboxylic acids is 1. The molecular formula is C20H38O6. The molecule has 0 aromatic heterocycles. The van der Waals surface area contributed by atoms with Gasteiger partial charge >= 0.3 is 12.1 Å². The number of carboxylic acid groups (broad SMARTS) is 1. The zero-order chi connectivity index (χ0) is 19.5. The van der Waals surface area contributed by atoms with Crippen LogP contribution in [0.3, 0.4) is 0 Å². The van der Waals surface area contributed by atoms with Crippen molar-refractivity contribution in [3.05, 3.63) is 0 Å². The van der Waals surface area contributed by atoms with Crippen LogP contribution in [0.25, 0.3) is 0 Å². The Bertz CT molecular complexity index is 345. The Balaban J connectivity index is 0.000000642. The smallest absolute Gasteiger partial charge is 0.481 e. The number of carbonyl (C=O) groups excluding carboxylic acids is 1. The fourth-order valence-electron chi connectivity index (χ4n) is 2.75. The minimum Gasteiger partial charge on any atom is -0.481 e. The molecule has 2 N–H and O–H groups in total. The molecule has 1 fully saturated rings. The average Bonchev–Trinajstić information content (AvgIpc) is 3.05. The first-order chi connectivity index (χ1) is 12.6. The van der Waals surface area contributed by atoms with Crippen LogP contribution in [0, 0.1) is 0 Å². The van der Waals surface area contributed by atoms with Crippen LogP contribution in [0.2, 0.25) is 0 Å². The lowest BCUT2D eigenvalue weighted by Crippen LogP contribution is -2.14. The van der Waals surface area contributed by atoms with E-state index in [2.05, 4.69) is 16.4 Å². The Morgan fingerprint density at radius 2 is 1.38 bits per heavy atom. The minimum atomic E-state index is -0.691. The zero-order valence-electron chi connectivity index (χ0n) is 16.4. The van der Waals surface area contributed by atoms with Crippen LogP contribution in [0.4, 0.5) is 4.79 Å². The summed E-state index contributed by atoms with van der Waals surface area (Å²) < 4.78 is 8.73. The number of unbranched alkanes of at least 4 members (excludes halogenated alkanes) is 12. The third kappa shape index (κ3) is 17.5. The van der Waals surface area contributed by atoms with E-state index in [1.807, 2.05) is 0 Å². The second-order valence-electron chi connectivity index (χ2n) is 6.87. The van der Waals surface area contributed by atoms with Crippen LogP contribution >= 0.6 is 0 Å². The lowest BCUT2D eigenvalue weighted by atomic mass is 10.0. The number of carbonyl (C=O) groups is 2. The lowest BCUT2D eigenvalue weighted by molar-refractivity contribution is -0.137. The Kier molecular flexibility index (Phi) is 17.6. The largest absolute Gasteiger partial charge is 0.508 e. The molecule has 1 atom stereocenters. The molecular weight excluding hydrogens is 336 g/mol. The molecule has 0 radical (unpaired) electrons. The zero-order valence-corrected chi connectivity index (χ0v) is 16.4. The molecule has 1 saturated heterocycles. The second kappa shape index (κ2) is 18.5. The molecule has 26 heavy (non-hydrogen) atoms. The maximum absolute atomic E-state index is 10.3. The summed E-state index contributed by atoms with van der Waals surface area (Å²) in [6, 6.07) is 0. The molecule has 0 aliphatic carbocycles. The van der Waals surface area contributed by atoms with Gasteiger partial charge in [0.25, 0.3) is 0 Å². The van der Waals surface area contributed by atoms with Crippen molar-refractivity contribution in [1.29, 1.82) is 0 Å². The number of aliphatic hydroxyl groups is 1. The minimum absolute atomic E-state index is 0.161. The van der Waals surface area contributed by atoms with Crippen LogP contribution in [0.5, 0.6) is 0 Å². The van der Waals surface area contributed by atoms with E-state index >= 15 is 0 Å². The van der Waals surface area contributed by atoms with Crippen molar-refractivity contribution in [1.82, 2.24) is 0 Å². The van der Waals surface area contributed by atoms with E-state index < -0.39 is 18.2 Å². The monoisotopic (exact) mass is 374 g/mol. The Morgan fingerprint density at radius 1 is 0.923 bits per heavy atom. The first kappa shape index (κ1) is 24.7. The fourth-order valence-corrected chi connectivity index (χ4v) is 2.75. The van der Waals surface area contributed by atoms with Crippen molar-refractivity contribution < 1.29 is 29.3 Å². The van der Waals surface area contributed by atoms with Gasteiger partial charge in [-0.2, -0.15) is 0 Å². The van der Waals surface area contributed by atoms with Gasteiger partial charge in [0.2, 0.25) is 0 Å². The molecule has 1 heterocycles. The van der Waals surface area contributed by atoms with Gasteiger partial charge < -0.3 is 19.7 Å². The molecule has 0 bridgehead atoms. The van der Waals surface area contributed by atoms with E-state index in [-0.39, 0.29) is 13.2 Å². The molecule has 0 aromatic rings. The van der Waals surface area contributed by atoms with Crippen LogP contribution in [0.1, 0.15) is 96.8 Å². The van der Waals surface area contributed by atoms with Crippen LogP contribution in [-0.2, 0) is 14.3 Å². The average molecular weight is 375 g/mol. The Hall–Kier alpha value is -1.30.